The highest BCUT2D eigenvalue weighted by molar-refractivity contribution is 8.26. The number of hydrogen-bond donors (Lipinski definition) is 1. The lowest BCUT2D eigenvalue weighted by Gasteiger charge is -2.39. The van der Waals surface area contributed by atoms with Gasteiger partial charge in [0.1, 0.15) is 28.3 Å². The lowest BCUT2D eigenvalue weighted by molar-refractivity contribution is -0.140. The number of nitriles is 1. The predicted octanol–water partition coefficient (Wildman–Crippen LogP) is 2.66. The standard InChI is InChI=1S/C25H25N5O4S2/c1-3-29-22(28-11-9-27(10-12-28)17-7-5-4-6-8-17)18(16(2)19(14-26)23(29)33)13-20-24(34)30(15-21(31)32)25(35)36-20/h4-8,13H,3,9-12,15H2,1-2H3,(H,31,32)/b20-13-. The first-order valence-corrected chi connectivity index (χ1v) is 12.7. The Kier molecular flexibility index (Phi) is 7.47. The summed E-state index contributed by atoms with van der Waals surface area (Å²) in [6.45, 7) is 6.13. The minimum atomic E-state index is -1.16. The van der Waals surface area contributed by atoms with Crippen LogP contribution in [0.15, 0.2) is 40.0 Å². The number of amides is 1. The van der Waals surface area contributed by atoms with Crippen molar-refractivity contribution in [3.05, 3.63) is 62.3 Å². The van der Waals surface area contributed by atoms with Crippen molar-refractivity contribution >= 4 is 57.8 Å². The van der Waals surface area contributed by atoms with Crippen LogP contribution in [0.4, 0.5) is 11.5 Å². The molecule has 1 aromatic heterocycles. The quantitative estimate of drug-likeness (QED) is 0.451. The molecule has 0 saturated carbocycles. The summed E-state index contributed by atoms with van der Waals surface area (Å²) in [6.07, 6.45) is 1.64. The third-order valence-corrected chi connectivity index (χ3v) is 7.68. The van der Waals surface area contributed by atoms with E-state index in [9.17, 15) is 19.6 Å². The summed E-state index contributed by atoms with van der Waals surface area (Å²) in [6, 6.07) is 12.1. The van der Waals surface area contributed by atoms with Crippen LogP contribution in [0.1, 0.15) is 23.6 Å². The Morgan fingerprint density at radius 2 is 1.81 bits per heavy atom. The van der Waals surface area contributed by atoms with Crippen molar-refractivity contribution in [3.8, 4) is 6.07 Å². The zero-order valence-electron chi connectivity index (χ0n) is 19.9. The van der Waals surface area contributed by atoms with Gasteiger partial charge in [-0.3, -0.25) is 23.9 Å². The summed E-state index contributed by atoms with van der Waals surface area (Å²) in [5, 5.41) is 18.9. The number of carboxylic acid groups (broad SMARTS) is 1. The Hall–Kier alpha value is -3.62. The molecule has 0 radical (unpaired) electrons. The van der Waals surface area contributed by atoms with Gasteiger partial charge in [0.25, 0.3) is 11.5 Å². The van der Waals surface area contributed by atoms with Crippen molar-refractivity contribution in [1.29, 1.82) is 5.26 Å². The Morgan fingerprint density at radius 1 is 1.17 bits per heavy atom. The summed E-state index contributed by atoms with van der Waals surface area (Å²) in [5.74, 6) is -1.01. The number of thiocarbonyl (C=S) groups is 1. The van der Waals surface area contributed by atoms with E-state index in [0.29, 0.717) is 36.6 Å². The summed E-state index contributed by atoms with van der Waals surface area (Å²) in [4.78, 5) is 43.0. The lowest BCUT2D eigenvalue weighted by Crippen LogP contribution is -2.48. The minimum Gasteiger partial charge on any atom is -0.480 e. The largest absolute Gasteiger partial charge is 0.480 e. The highest BCUT2D eigenvalue weighted by atomic mass is 32.2. The molecule has 3 heterocycles. The SMILES string of the molecule is CCn1c(N2CCN(c3ccccc3)CC2)c(/C=C2\SC(=S)N(CC(=O)O)C2=O)c(C)c(C#N)c1=O. The second kappa shape index (κ2) is 10.6. The van der Waals surface area contributed by atoms with Crippen LogP contribution < -0.4 is 15.4 Å². The minimum absolute atomic E-state index is 0.0239. The van der Waals surface area contributed by atoms with E-state index in [1.807, 2.05) is 31.2 Å². The van der Waals surface area contributed by atoms with Crippen molar-refractivity contribution in [2.45, 2.75) is 20.4 Å². The van der Waals surface area contributed by atoms with Crippen LogP contribution in [0.25, 0.3) is 6.08 Å². The average molecular weight is 524 g/mol. The number of carbonyl (C=O) groups is 2. The molecule has 186 valence electrons. The maximum absolute atomic E-state index is 13.2. The van der Waals surface area contributed by atoms with Gasteiger partial charge in [-0.25, -0.2) is 0 Å². The highest BCUT2D eigenvalue weighted by Crippen LogP contribution is 2.36. The van der Waals surface area contributed by atoms with Crippen molar-refractivity contribution in [2.75, 3.05) is 42.5 Å². The molecule has 0 atom stereocenters. The Labute approximate surface area is 218 Å². The first kappa shape index (κ1) is 25.5. The number of benzene rings is 1. The van der Waals surface area contributed by atoms with Crippen molar-refractivity contribution in [1.82, 2.24) is 9.47 Å². The van der Waals surface area contributed by atoms with E-state index in [1.54, 1.807) is 17.6 Å². The number of anilines is 2. The van der Waals surface area contributed by atoms with Crippen LogP contribution in [-0.4, -0.2) is 63.5 Å². The molecule has 11 heteroatoms. The summed E-state index contributed by atoms with van der Waals surface area (Å²) >= 11 is 6.26. The van der Waals surface area contributed by atoms with Gasteiger partial charge >= 0.3 is 5.97 Å². The van der Waals surface area contributed by atoms with Crippen LogP contribution >= 0.6 is 24.0 Å². The Balaban J connectivity index is 1.77. The number of piperazine rings is 1. The zero-order chi connectivity index (χ0) is 26.0. The highest BCUT2D eigenvalue weighted by Gasteiger charge is 2.34. The molecular formula is C25H25N5O4S2. The summed E-state index contributed by atoms with van der Waals surface area (Å²) in [7, 11) is 0. The molecule has 4 rings (SSSR count). The lowest BCUT2D eigenvalue weighted by atomic mass is 10.0. The van der Waals surface area contributed by atoms with E-state index in [-0.39, 0.29) is 20.3 Å². The number of carboxylic acids is 1. The third-order valence-electron chi connectivity index (χ3n) is 6.31. The van der Waals surface area contributed by atoms with Crippen molar-refractivity contribution in [3.63, 3.8) is 0 Å². The molecule has 2 aromatic rings. The number of para-hydroxylation sites is 1. The monoisotopic (exact) mass is 523 g/mol. The van der Waals surface area contributed by atoms with E-state index in [2.05, 4.69) is 21.9 Å². The van der Waals surface area contributed by atoms with Gasteiger partial charge < -0.3 is 14.9 Å². The summed E-state index contributed by atoms with van der Waals surface area (Å²) < 4.78 is 1.74. The second-order valence-electron chi connectivity index (χ2n) is 8.37. The predicted molar refractivity (Wildman–Crippen MR) is 144 cm³/mol. The molecular weight excluding hydrogens is 498 g/mol. The fourth-order valence-electron chi connectivity index (χ4n) is 4.50. The van der Waals surface area contributed by atoms with Gasteiger partial charge in [-0.15, -0.1) is 0 Å². The van der Waals surface area contributed by atoms with Gasteiger partial charge in [0.15, 0.2) is 0 Å². The number of nitrogens with zero attached hydrogens (tertiary/aromatic N) is 5. The first-order valence-electron chi connectivity index (χ1n) is 11.5. The number of thioether (sulfide) groups is 1. The van der Waals surface area contributed by atoms with Gasteiger partial charge in [-0.05, 0) is 37.6 Å². The van der Waals surface area contributed by atoms with Crippen LogP contribution in [-0.2, 0) is 16.1 Å². The van der Waals surface area contributed by atoms with Crippen molar-refractivity contribution < 1.29 is 14.7 Å². The number of aromatic nitrogens is 1. The second-order valence-corrected chi connectivity index (χ2v) is 10.0. The fraction of sp³-hybridized carbons (Fsp3) is 0.320. The number of rotatable bonds is 6. The molecule has 0 bridgehead atoms. The molecule has 1 N–H and O–H groups in total. The molecule has 0 unspecified atom stereocenters. The smallest absolute Gasteiger partial charge is 0.323 e. The average Bonchev–Trinajstić information content (AvgIpc) is 3.13. The zero-order valence-corrected chi connectivity index (χ0v) is 21.6. The molecule has 2 saturated heterocycles. The molecule has 0 spiro atoms. The maximum Gasteiger partial charge on any atom is 0.323 e. The van der Waals surface area contributed by atoms with E-state index < -0.39 is 18.4 Å². The topological polar surface area (TPSA) is 110 Å². The van der Waals surface area contributed by atoms with Gasteiger partial charge in [0.05, 0.1) is 4.91 Å². The van der Waals surface area contributed by atoms with E-state index in [0.717, 1.165) is 35.4 Å². The number of aliphatic carboxylic acids is 1. The van der Waals surface area contributed by atoms with E-state index in [4.69, 9.17) is 17.3 Å². The number of carbonyl (C=O) groups excluding carboxylic acids is 1. The third kappa shape index (κ3) is 4.74. The number of hydrogen-bond acceptors (Lipinski definition) is 8. The molecule has 2 fully saturated rings. The summed E-state index contributed by atoms with van der Waals surface area (Å²) in [5.41, 5.74) is 1.86. The van der Waals surface area contributed by atoms with Gasteiger partial charge in [-0.1, -0.05) is 42.2 Å². The molecule has 2 aliphatic rings. The molecule has 36 heavy (non-hydrogen) atoms. The van der Waals surface area contributed by atoms with Gasteiger partial charge in [0.2, 0.25) is 0 Å². The fourth-order valence-corrected chi connectivity index (χ4v) is 5.73. The van der Waals surface area contributed by atoms with Crippen LogP contribution in [0, 0.1) is 18.3 Å². The molecule has 1 amide bonds. The number of pyridine rings is 1. The maximum atomic E-state index is 13.2. The normalized spacial score (nSPS) is 17.1. The van der Waals surface area contributed by atoms with Crippen LogP contribution in [0.5, 0.6) is 0 Å². The van der Waals surface area contributed by atoms with Gasteiger partial charge in [0, 0.05) is 44.0 Å². The van der Waals surface area contributed by atoms with Crippen LogP contribution in [0.2, 0.25) is 0 Å². The van der Waals surface area contributed by atoms with E-state index in [1.165, 1.54) is 0 Å². The molecule has 0 aliphatic carbocycles. The molecule has 2 aliphatic heterocycles. The Bertz CT molecular complexity index is 1360. The molecule has 9 nitrogen and oxygen atoms in total. The Morgan fingerprint density at radius 3 is 2.39 bits per heavy atom. The van der Waals surface area contributed by atoms with E-state index >= 15 is 0 Å². The van der Waals surface area contributed by atoms with Gasteiger partial charge in [-0.2, -0.15) is 5.26 Å². The first-order chi connectivity index (χ1) is 17.3. The van der Waals surface area contributed by atoms with Crippen molar-refractivity contribution in [2.24, 2.45) is 0 Å². The van der Waals surface area contributed by atoms with Crippen LogP contribution in [0.3, 0.4) is 0 Å². The molecule has 1 aromatic carbocycles.